The molecule has 0 radical (unpaired) electrons. The van der Waals surface area contributed by atoms with E-state index in [1.165, 1.54) is 12.8 Å². The molecule has 0 bridgehead atoms. The predicted octanol–water partition coefficient (Wildman–Crippen LogP) is 2.38. The molecule has 1 aliphatic carbocycles. The average Bonchev–Trinajstić information content (AvgIpc) is 3.13. The summed E-state index contributed by atoms with van der Waals surface area (Å²) in [4.78, 5) is 8.39. The molecule has 2 unspecified atom stereocenters. The Labute approximate surface area is 112 Å². The molecule has 1 aromatic heterocycles. The standard InChI is InChI=1S/C13H18N4S/c1-10(18-12-15-6-3-7-16-12)8-13(2,9-14)17-11-4-5-11/h3,6-7,10-11,17H,4-5,8H2,1-2H3. The van der Waals surface area contributed by atoms with Crippen LogP contribution in [0, 0.1) is 11.3 Å². The van der Waals surface area contributed by atoms with Gasteiger partial charge in [0.2, 0.25) is 0 Å². The monoisotopic (exact) mass is 262 g/mol. The van der Waals surface area contributed by atoms with E-state index in [0.717, 1.165) is 11.6 Å². The van der Waals surface area contributed by atoms with Crippen LogP contribution in [0.4, 0.5) is 0 Å². The third kappa shape index (κ3) is 3.97. The first-order valence-corrected chi connectivity index (χ1v) is 7.12. The highest BCUT2D eigenvalue weighted by molar-refractivity contribution is 7.99. The van der Waals surface area contributed by atoms with Crippen LogP contribution in [-0.4, -0.2) is 26.8 Å². The Morgan fingerprint density at radius 1 is 1.56 bits per heavy atom. The summed E-state index contributed by atoms with van der Waals surface area (Å²) >= 11 is 1.62. The van der Waals surface area contributed by atoms with Gasteiger partial charge in [-0.2, -0.15) is 5.26 Å². The van der Waals surface area contributed by atoms with Gasteiger partial charge in [-0.1, -0.05) is 18.7 Å². The van der Waals surface area contributed by atoms with Crippen molar-refractivity contribution in [1.29, 1.82) is 5.26 Å². The van der Waals surface area contributed by atoms with Gasteiger partial charge in [0.05, 0.1) is 6.07 Å². The first kappa shape index (κ1) is 13.3. The van der Waals surface area contributed by atoms with Gasteiger partial charge in [-0.3, -0.25) is 5.32 Å². The molecule has 96 valence electrons. The lowest BCUT2D eigenvalue weighted by Crippen LogP contribution is -2.44. The van der Waals surface area contributed by atoms with Crippen molar-refractivity contribution in [3.8, 4) is 6.07 Å². The quantitative estimate of drug-likeness (QED) is 0.630. The van der Waals surface area contributed by atoms with Crippen LogP contribution in [0.3, 0.4) is 0 Å². The first-order chi connectivity index (χ1) is 8.61. The van der Waals surface area contributed by atoms with Crippen LogP contribution in [0.15, 0.2) is 23.6 Å². The molecule has 5 heteroatoms. The number of nitriles is 1. The van der Waals surface area contributed by atoms with Gasteiger partial charge < -0.3 is 0 Å². The third-order valence-electron chi connectivity index (χ3n) is 2.89. The number of aromatic nitrogens is 2. The molecule has 1 N–H and O–H groups in total. The number of hydrogen-bond donors (Lipinski definition) is 1. The van der Waals surface area contributed by atoms with Gasteiger partial charge in [-0.15, -0.1) is 0 Å². The highest BCUT2D eigenvalue weighted by atomic mass is 32.2. The second-order valence-electron chi connectivity index (χ2n) is 5.03. The van der Waals surface area contributed by atoms with Crippen LogP contribution in [0.2, 0.25) is 0 Å². The van der Waals surface area contributed by atoms with Gasteiger partial charge in [-0.25, -0.2) is 9.97 Å². The van der Waals surface area contributed by atoms with Gasteiger partial charge in [0.1, 0.15) is 5.54 Å². The summed E-state index contributed by atoms with van der Waals surface area (Å²) in [6, 6.07) is 4.75. The van der Waals surface area contributed by atoms with Gasteiger partial charge in [0, 0.05) is 23.7 Å². The van der Waals surface area contributed by atoms with Crippen molar-refractivity contribution >= 4 is 11.8 Å². The minimum atomic E-state index is -0.442. The molecule has 1 fully saturated rings. The van der Waals surface area contributed by atoms with Gasteiger partial charge in [0.25, 0.3) is 0 Å². The van der Waals surface area contributed by atoms with E-state index in [-0.39, 0.29) is 0 Å². The number of nitrogens with one attached hydrogen (secondary N) is 1. The maximum absolute atomic E-state index is 9.32. The second kappa shape index (κ2) is 5.68. The SMILES string of the molecule is CC(CC(C)(C#N)NC1CC1)Sc1ncccn1. The second-order valence-corrected chi connectivity index (χ2v) is 6.43. The molecular formula is C13H18N4S. The molecule has 1 aromatic rings. The minimum absolute atomic E-state index is 0.309. The molecule has 0 spiro atoms. The van der Waals surface area contributed by atoms with E-state index in [1.807, 2.05) is 13.0 Å². The van der Waals surface area contributed by atoms with Crippen molar-refractivity contribution in [3.63, 3.8) is 0 Å². The third-order valence-corrected chi connectivity index (χ3v) is 3.88. The Bertz CT molecular complexity index is 426. The van der Waals surface area contributed by atoms with Crippen LogP contribution >= 0.6 is 11.8 Å². The van der Waals surface area contributed by atoms with Crippen molar-refractivity contribution in [2.75, 3.05) is 0 Å². The molecule has 2 rings (SSSR count). The molecule has 2 atom stereocenters. The molecule has 0 amide bonds. The van der Waals surface area contributed by atoms with Crippen molar-refractivity contribution in [2.45, 2.75) is 55.1 Å². The summed E-state index contributed by atoms with van der Waals surface area (Å²) < 4.78 is 0. The maximum Gasteiger partial charge on any atom is 0.187 e. The number of rotatable bonds is 6. The Kier molecular flexibility index (Phi) is 4.20. The van der Waals surface area contributed by atoms with E-state index < -0.39 is 5.54 Å². The number of hydrogen-bond acceptors (Lipinski definition) is 5. The van der Waals surface area contributed by atoms with Gasteiger partial charge in [0.15, 0.2) is 5.16 Å². The van der Waals surface area contributed by atoms with Crippen LogP contribution in [-0.2, 0) is 0 Å². The van der Waals surface area contributed by atoms with Gasteiger partial charge in [-0.05, 0) is 32.3 Å². The Balaban J connectivity index is 1.89. The van der Waals surface area contributed by atoms with Crippen molar-refractivity contribution in [3.05, 3.63) is 18.5 Å². The van der Waals surface area contributed by atoms with E-state index in [9.17, 15) is 5.26 Å². The zero-order valence-electron chi connectivity index (χ0n) is 10.8. The number of thioether (sulfide) groups is 1. The molecule has 1 heterocycles. The van der Waals surface area contributed by atoms with Crippen LogP contribution < -0.4 is 5.32 Å². The van der Waals surface area contributed by atoms with E-state index in [4.69, 9.17) is 0 Å². The molecule has 1 saturated carbocycles. The van der Waals surface area contributed by atoms with Crippen molar-refractivity contribution in [1.82, 2.24) is 15.3 Å². The summed E-state index contributed by atoms with van der Waals surface area (Å²) in [6.07, 6.45) is 6.67. The van der Waals surface area contributed by atoms with Crippen LogP contribution in [0.25, 0.3) is 0 Å². The Morgan fingerprint density at radius 2 is 2.22 bits per heavy atom. The molecular weight excluding hydrogens is 244 g/mol. The fourth-order valence-electron chi connectivity index (χ4n) is 1.96. The molecule has 18 heavy (non-hydrogen) atoms. The molecule has 0 saturated heterocycles. The summed E-state index contributed by atoms with van der Waals surface area (Å²) in [6.45, 7) is 4.10. The zero-order valence-corrected chi connectivity index (χ0v) is 11.6. The lowest BCUT2D eigenvalue weighted by atomic mass is 9.98. The summed E-state index contributed by atoms with van der Waals surface area (Å²) in [5.74, 6) is 0. The summed E-state index contributed by atoms with van der Waals surface area (Å²) in [5.41, 5.74) is -0.442. The van der Waals surface area contributed by atoms with Crippen LogP contribution in [0.5, 0.6) is 0 Å². The highest BCUT2D eigenvalue weighted by Gasteiger charge is 2.33. The van der Waals surface area contributed by atoms with Gasteiger partial charge >= 0.3 is 0 Å². The van der Waals surface area contributed by atoms with E-state index >= 15 is 0 Å². The summed E-state index contributed by atoms with van der Waals surface area (Å²) in [7, 11) is 0. The lowest BCUT2D eigenvalue weighted by Gasteiger charge is -2.26. The van der Waals surface area contributed by atoms with E-state index in [1.54, 1.807) is 24.2 Å². The molecule has 4 nitrogen and oxygen atoms in total. The fraction of sp³-hybridized carbons (Fsp3) is 0.615. The average molecular weight is 262 g/mol. The zero-order chi connectivity index (χ0) is 13.0. The minimum Gasteiger partial charge on any atom is -0.297 e. The fourth-order valence-corrected chi connectivity index (χ4v) is 2.98. The smallest absolute Gasteiger partial charge is 0.187 e. The summed E-state index contributed by atoms with van der Waals surface area (Å²) in [5, 5.41) is 13.8. The highest BCUT2D eigenvalue weighted by Crippen LogP contribution is 2.29. The number of nitrogens with zero attached hydrogens (tertiary/aromatic N) is 3. The normalized spacial score (nSPS) is 19.8. The lowest BCUT2D eigenvalue weighted by molar-refractivity contribution is 0.414. The molecule has 0 aliphatic heterocycles. The Morgan fingerprint density at radius 3 is 2.78 bits per heavy atom. The topological polar surface area (TPSA) is 61.6 Å². The predicted molar refractivity (Wildman–Crippen MR) is 72.1 cm³/mol. The van der Waals surface area contributed by atoms with Crippen molar-refractivity contribution < 1.29 is 0 Å². The van der Waals surface area contributed by atoms with Crippen LogP contribution in [0.1, 0.15) is 33.1 Å². The first-order valence-electron chi connectivity index (χ1n) is 6.24. The Hall–Kier alpha value is -1.12. The van der Waals surface area contributed by atoms with E-state index in [2.05, 4.69) is 28.3 Å². The van der Waals surface area contributed by atoms with E-state index in [0.29, 0.717) is 11.3 Å². The van der Waals surface area contributed by atoms with Crippen molar-refractivity contribution in [2.24, 2.45) is 0 Å². The maximum atomic E-state index is 9.32. The molecule has 1 aliphatic rings. The largest absolute Gasteiger partial charge is 0.297 e. The molecule has 0 aromatic carbocycles.